The van der Waals surface area contributed by atoms with Crippen LogP contribution < -0.4 is 14.2 Å². The van der Waals surface area contributed by atoms with Crippen molar-refractivity contribution in [3.8, 4) is 11.9 Å². The molecule has 0 saturated heterocycles. The first-order valence-electron chi connectivity index (χ1n) is 5.80. The van der Waals surface area contributed by atoms with Gasteiger partial charge in [0.1, 0.15) is 11.5 Å². The molecule has 0 spiro atoms. The van der Waals surface area contributed by atoms with E-state index < -0.39 is 15.8 Å². The highest BCUT2D eigenvalue weighted by atomic mass is 35.5. The number of nitrogens with one attached hydrogen (secondary N) is 1. The maximum Gasteiger partial charge on any atom is 0.319 e. The van der Waals surface area contributed by atoms with E-state index in [9.17, 15) is 12.8 Å². The van der Waals surface area contributed by atoms with Crippen molar-refractivity contribution in [3.05, 3.63) is 35.2 Å². The lowest BCUT2D eigenvalue weighted by Gasteiger charge is -2.11. The van der Waals surface area contributed by atoms with Crippen molar-refractivity contribution in [2.75, 3.05) is 18.9 Å². The van der Waals surface area contributed by atoms with E-state index in [1.165, 1.54) is 20.4 Å². The summed E-state index contributed by atoms with van der Waals surface area (Å²) < 4.78 is 49.6. The van der Waals surface area contributed by atoms with Crippen molar-refractivity contribution in [1.29, 1.82) is 0 Å². The average Bonchev–Trinajstić information content (AvgIpc) is 2.50. The molecule has 0 amide bonds. The van der Waals surface area contributed by atoms with Gasteiger partial charge in [-0.3, -0.25) is 4.72 Å². The summed E-state index contributed by atoms with van der Waals surface area (Å²) in [5.74, 6) is -0.741. The van der Waals surface area contributed by atoms with Gasteiger partial charge in [0.2, 0.25) is 5.88 Å². The van der Waals surface area contributed by atoms with Crippen molar-refractivity contribution < 1.29 is 22.3 Å². The van der Waals surface area contributed by atoms with Gasteiger partial charge in [-0.2, -0.15) is 4.98 Å². The van der Waals surface area contributed by atoms with E-state index in [1.54, 1.807) is 0 Å². The fraction of sp³-hybridized carbons (Fsp3) is 0.167. The van der Waals surface area contributed by atoms with E-state index in [0.717, 1.165) is 18.2 Å². The van der Waals surface area contributed by atoms with Crippen LogP contribution in [0.3, 0.4) is 0 Å². The zero-order valence-corrected chi connectivity index (χ0v) is 13.1. The van der Waals surface area contributed by atoms with Crippen molar-refractivity contribution in [3.63, 3.8) is 0 Å². The van der Waals surface area contributed by atoms with E-state index in [2.05, 4.69) is 14.7 Å². The molecule has 1 N–H and O–H groups in total. The topological polar surface area (TPSA) is 90.4 Å². The monoisotopic (exact) mass is 347 g/mol. The summed E-state index contributed by atoms with van der Waals surface area (Å²) in [5.41, 5.74) is 0.00347. The lowest BCUT2D eigenvalue weighted by atomic mass is 10.3. The first kappa shape index (κ1) is 16.2. The smallest absolute Gasteiger partial charge is 0.319 e. The van der Waals surface area contributed by atoms with Crippen LogP contribution in [0.1, 0.15) is 0 Å². The number of hydrogen-bond donors (Lipinski definition) is 1. The number of sulfonamides is 1. The van der Waals surface area contributed by atoms with Crippen molar-refractivity contribution in [1.82, 2.24) is 9.97 Å². The second kappa shape index (κ2) is 6.32. The number of aromatic nitrogens is 2. The van der Waals surface area contributed by atoms with Crippen LogP contribution in [0.5, 0.6) is 11.9 Å². The number of nitrogens with zero attached hydrogens (tertiary/aromatic N) is 2. The summed E-state index contributed by atoms with van der Waals surface area (Å²) in [7, 11) is -1.33. The van der Waals surface area contributed by atoms with Crippen molar-refractivity contribution in [2.45, 2.75) is 4.90 Å². The van der Waals surface area contributed by atoms with Crippen LogP contribution in [0.15, 0.2) is 29.3 Å². The third-order valence-corrected chi connectivity index (χ3v) is 4.21. The highest BCUT2D eigenvalue weighted by Crippen LogP contribution is 2.26. The number of ether oxygens (including phenoxy) is 2. The Morgan fingerprint density at radius 2 is 2.00 bits per heavy atom. The molecule has 0 aliphatic carbocycles. The second-order valence-corrected chi connectivity index (χ2v) is 6.05. The first-order chi connectivity index (χ1) is 10.4. The van der Waals surface area contributed by atoms with E-state index in [1.807, 2.05) is 0 Å². The molecule has 118 valence electrons. The number of anilines is 1. The van der Waals surface area contributed by atoms with Gasteiger partial charge in [-0.25, -0.2) is 17.8 Å². The number of hydrogen-bond acceptors (Lipinski definition) is 6. The van der Waals surface area contributed by atoms with Gasteiger partial charge < -0.3 is 9.47 Å². The van der Waals surface area contributed by atoms with E-state index >= 15 is 0 Å². The van der Waals surface area contributed by atoms with Gasteiger partial charge >= 0.3 is 6.01 Å². The van der Waals surface area contributed by atoms with Gasteiger partial charge in [-0.05, 0) is 18.2 Å². The van der Waals surface area contributed by atoms with Crippen LogP contribution in [0.2, 0.25) is 5.02 Å². The summed E-state index contributed by atoms with van der Waals surface area (Å²) in [6.45, 7) is 0. The predicted molar refractivity (Wildman–Crippen MR) is 77.4 cm³/mol. The molecule has 0 fully saturated rings. The summed E-state index contributed by atoms with van der Waals surface area (Å²) >= 11 is 5.59. The molecule has 0 saturated carbocycles. The third-order valence-electron chi connectivity index (χ3n) is 2.55. The Morgan fingerprint density at radius 3 is 2.59 bits per heavy atom. The van der Waals surface area contributed by atoms with Gasteiger partial charge in [0.05, 0.1) is 30.3 Å². The zero-order chi connectivity index (χ0) is 16.3. The standard InChI is InChI=1S/C12H11ClFN3O4S/c1-20-11-10(6-15-12(16-11)21-2)17-22(18,19)7-3-4-9(14)8(13)5-7/h3-6,17H,1-2H3. The molecule has 2 rings (SSSR count). The molecule has 0 radical (unpaired) electrons. The quantitative estimate of drug-likeness (QED) is 0.890. The minimum atomic E-state index is -4.01. The third kappa shape index (κ3) is 3.37. The first-order valence-corrected chi connectivity index (χ1v) is 7.66. The maximum absolute atomic E-state index is 13.1. The molecule has 1 aromatic heterocycles. The molecule has 0 aliphatic heterocycles. The summed E-state index contributed by atoms with van der Waals surface area (Å²) in [6.07, 6.45) is 1.19. The molecule has 2 aromatic rings. The van der Waals surface area contributed by atoms with Crippen LogP contribution in [-0.4, -0.2) is 32.6 Å². The number of methoxy groups -OCH3 is 2. The predicted octanol–water partition coefficient (Wildman–Crippen LogP) is 2.09. The van der Waals surface area contributed by atoms with Crippen LogP contribution >= 0.6 is 11.6 Å². The van der Waals surface area contributed by atoms with Crippen LogP contribution in [0, 0.1) is 5.82 Å². The van der Waals surface area contributed by atoms with Gasteiger partial charge in [-0.1, -0.05) is 11.6 Å². The summed E-state index contributed by atoms with van der Waals surface area (Å²) in [4.78, 5) is 7.43. The van der Waals surface area contributed by atoms with Crippen molar-refractivity contribution in [2.24, 2.45) is 0 Å². The van der Waals surface area contributed by atoms with Gasteiger partial charge in [0, 0.05) is 0 Å². The van der Waals surface area contributed by atoms with E-state index in [4.69, 9.17) is 21.1 Å². The van der Waals surface area contributed by atoms with Crippen molar-refractivity contribution >= 4 is 27.3 Å². The fourth-order valence-electron chi connectivity index (χ4n) is 1.52. The Balaban J connectivity index is 2.38. The molecule has 0 unspecified atom stereocenters. The van der Waals surface area contributed by atoms with Crippen LogP contribution in [-0.2, 0) is 10.0 Å². The molecular formula is C12H11ClFN3O4S. The number of halogens is 2. The Kier molecular flexibility index (Phi) is 4.67. The Bertz CT molecular complexity index is 801. The summed E-state index contributed by atoms with van der Waals surface area (Å²) in [5, 5.41) is -0.305. The Hall–Kier alpha value is -2.13. The number of benzene rings is 1. The molecule has 1 heterocycles. The molecule has 7 nitrogen and oxygen atoms in total. The van der Waals surface area contributed by atoms with Gasteiger partial charge in [0.25, 0.3) is 10.0 Å². The zero-order valence-electron chi connectivity index (χ0n) is 11.5. The normalized spacial score (nSPS) is 11.1. The Morgan fingerprint density at radius 1 is 1.27 bits per heavy atom. The lowest BCUT2D eigenvalue weighted by Crippen LogP contribution is -2.14. The van der Waals surface area contributed by atoms with Crippen LogP contribution in [0.25, 0.3) is 0 Å². The molecule has 0 atom stereocenters. The molecule has 22 heavy (non-hydrogen) atoms. The SMILES string of the molecule is COc1ncc(NS(=O)(=O)c2ccc(F)c(Cl)c2)c(OC)n1. The summed E-state index contributed by atoms with van der Waals surface area (Å²) in [6, 6.07) is 3.06. The van der Waals surface area contributed by atoms with Crippen LogP contribution in [0.4, 0.5) is 10.1 Å². The molecule has 10 heteroatoms. The van der Waals surface area contributed by atoms with E-state index in [-0.39, 0.29) is 27.5 Å². The largest absolute Gasteiger partial charge is 0.479 e. The number of rotatable bonds is 5. The molecule has 0 bridgehead atoms. The Labute approximate surface area is 131 Å². The maximum atomic E-state index is 13.1. The fourth-order valence-corrected chi connectivity index (χ4v) is 2.84. The molecular weight excluding hydrogens is 337 g/mol. The minimum absolute atomic E-state index is 0.00347. The second-order valence-electron chi connectivity index (χ2n) is 3.96. The molecule has 0 aliphatic rings. The highest BCUT2D eigenvalue weighted by Gasteiger charge is 2.19. The van der Waals surface area contributed by atoms with Gasteiger partial charge in [0.15, 0.2) is 0 Å². The van der Waals surface area contributed by atoms with Gasteiger partial charge in [-0.15, -0.1) is 0 Å². The average molecular weight is 348 g/mol. The highest BCUT2D eigenvalue weighted by molar-refractivity contribution is 7.92. The lowest BCUT2D eigenvalue weighted by molar-refractivity contribution is 0.353. The van der Waals surface area contributed by atoms with E-state index in [0.29, 0.717) is 0 Å². The molecule has 1 aromatic carbocycles. The minimum Gasteiger partial charge on any atom is -0.479 e.